The Morgan fingerprint density at radius 1 is 1.12 bits per heavy atom. The van der Waals surface area contributed by atoms with Crippen molar-refractivity contribution in [3.63, 3.8) is 0 Å². The minimum absolute atomic E-state index is 0.0767. The van der Waals surface area contributed by atoms with E-state index in [9.17, 15) is 9.59 Å². The number of methoxy groups -OCH3 is 1. The first-order chi connectivity index (χ1) is 12.5. The topological polar surface area (TPSA) is 49.9 Å². The van der Waals surface area contributed by atoms with E-state index in [0.717, 1.165) is 30.8 Å². The highest BCUT2D eigenvalue weighted by atomic mass is 16.5. The number of esters is 1. The molecule has 2 aromatic rings. The molecular formula is C21H24N2O3. The van der Waals surface area contributed by atoms with Crippen molar-refractivity contribution >= 4 is 17.6 Å². The van der Waals surface area contributed by atoms with Crippen LogP contribution in [0, 0.1) is 0 Å². The van der Waals surface area contributed by atoms with Gasteiger partial charge in [-0.15, -0.1) is 0 Å². The zero-order valence-corrected chi connectivity index (χ0v) is 15.5. The minimum Gasteiger partial charge on any atom is -0.468 e. The van der Waals surface area contributed by atoms with Gasteiger partial charge >= 0.3 is 5.97 Å². The summed E-state index contributed by atoms with van der Waals surface area (Å²) in [5, 5.41) is 0. The number of amides is 1. The summed E-state index contributed by atoms with van der Waals surface area (Å²) in [5.74, 6) is -0.594. The van der Waals surface area contributed by atoms with Crippen molar-refractivity contribution in [1.29, 1.82) is 0 Å². The van der Waals surface area contributed by atoms with Gasteiger partial charge < -0.3 is 14.5 Å². The van der Waals surface area contributed by atoms with Gasteiger partial charge in [-0.3, -0.25) is 9.59 Å². The van der Waals surface area contributed by atoms with E-state index in [2.05, 4.69) is 30.1 Å². The number of nitrogens with zero attached hydrogens (tertiary/aromatic N) is 2. The SMILES string of the molecule is COC(=O)CN(C(C)=O)c1ccc(-c2ccccc2)c2c1CN(C)CC2. The van der Waals surface area contributed by atoms with Crippen molar-refractivity contribution in [2.24, 2.45) is 0 Å². The van der Waals surface area contributed by atoms with Gasteiger partial charge in [-0.1, -0.05) is 36.4 Å². The average molecular weight is 352 g/mol. The van der Waals surface area contributed by atoms with Crippen LogP contribution in [-0.2, 0) is 27.3 Å². The molecule has 0 N–H and O–H groups in total. The zero-order chi connectivity index (χ0) is 18.7. The molecular weight excluding hydrogens is 328 g/mol. The molecule has 2 aromatic carbocycles. The van der Waals surface area contributed by atoms with E-state index in [1.165, 1.54) is 35.6 Å². The Bertz CT molecular complexity index is 818. The van der Waals surface area contributed by atoms with Gasteiger partial charge in [0.1, 0.15) is 6.54 Å². The number of fused-ring (bicyclic) bond motifs is 1. The summed E-state index contributed by atoms with van der Waals surface area (Å²) in [5.41, 5.74) is 5.52. The monoisotopic (exact) mass is 352 g/mol. The maximum atomic E-state index is 12.2. The average Bonchev–Trinajstić information content (AvgIpc) is 2.65. The van der Waals surface area contributed by atoms with Gasteiger partial charge in [0.05, 0.1) is 7.11 Å². The van der Waals surface area contributed by atoms with Gasteiger partial charge in [0.15, 0.2) is 0 Å². The Balaban J connectivity index is 2.12. The Hall–Kier alpha value is -2.66. The fraction of sp³-hybridized carbons (Fsp3) is 0.333. The highest BCUT2D eigenvalue weighted by Gasteiger charge is 2.25. The normalized spacial score (nSPS) is 13.8. The summed E-state index contributed by atoms with van der Waals surface area (Å²) < 4.78 is 4.77. The van der Waals surface area contributed by atoms with Gasteiger partial charge in [-0.05, 0) is 41.8 Å². The van der Waals surface area contributed by atoms with Crippen molar-refractivity contribution < 1.29 is 14.3 Å². The predicted octanol–water partition coefficient (Wildman–Crippen LogP) is 2.87. The summed E-state index contributed by atoms with van der Waals surface area (Å²) in [6.45, 7) is 3.11. The van der Waals surface area contributed by atoms with E-state index in [4.69, 9.17) is 4.74 Å². The number of likely N-dealkylation sites (N-methyl/N-ethyl adjacent to an activating group) is 1. The lowest BCUT2D eigenvalue weighted by atomic mass is 9.89. The molecule has 0 radical (unpaired) electrons. The second kappa shape index (κ2) is 7.70. The number of carbonyl (C=O) groups is 2. The molecule has 0 fully saturated rings. The molecule has 0 aromatic heterocycles. The number of rotatable bonds is 4. The van der Waals surface area contributed by atoms with Crippen LogP contribution in [0.5, 0.6) is 0 Å². The van der Waals surface area contributed by atoms with Crippen molar-refractivity contribution in [3.8, 4) is 11.1 Å². The fourth-order valence-corrected chi connectivity index (χ4v) is 3.50. The molecule has 1 heterocycles. The highest BCUT2D eigenvalue weighted by Crippen LogP contribution is 2.36. The van der Waals surface area contributed by atoms with Crippen molar-refractivity contribution in [3.05, 3.63) is 53.6 Å². The summed E-state index contributed by atoms with van der Waals surface area (Å²) in [6.07, 6.45) is 0.911. The number of anilines is 1. The van der Waals surface area contributed by atoms with E-state index in [1.807, 2.05) is 24.3 Å². The Labute approximate surface area is 154 Å². The van der Waals surface area contributed by atoms with Crippen LogP contribution in [0.3, 0.4) is 0 Å². The first-order valence-corrected chi connectivity index (χ1v) is 8.75. The molecule has 26 heavy (non-hydrogen) atoms. The van der Waals surface area contributed by atoms with Crippen molar-refractivity contribution in [2.45, 2.75) is 19.9 Å². The predicted molar refractivity (Wildman–Crippen MR) is 102 cm³/mol. The number of benzene rings is 2. The maximum Gasteiger partial charge on any atom is 0.325 e. The largest absolute Gasteiger partial charge is 0.468 e. The first-order valence-electron chi connectivity index (χ1n) is 8.75. The standard InChI is InChI=1S/C21H24N2O3/c1-15(24)23(14-21(25)26-3)20-10-9-17(16-7-5-4-6-8-16)18-11-12-22(2)13-19(18)20/h4-10H,11-14H2,1-3H3. The summed E-state index contributed by atoms with van der Waals surface area (Å²) in [4.78, 5) is 27.8. The minimum atomic E-state index is -0.426. The molecule has 1 aliphatic heterocycles. The van der Waals surface area contributed by atoms with Crippen molar-refractivity contribution in [2.75, 3.05) is 32.1 Å². The third-order valence-corrected chi connectivity index (χ3v) is 4.85. The van der Waals surface area contributed by atoms with Gasteiger partial charge in [0.2, 0.25) is 5.91 Å². The van der Waals surface area contributed by atoms with Crippen LogP contribution >= 0.6 is 0 Å². The quantitative estimate of drug-likeness (QED) is 0.794. The third kappa shape index (κ3) is 3.63. The van der Waals surface area contributed by atoms with Crippen LogP contribution in [0.4, 0.5) is 5.69 Å². The van der Waals surface area contributed by atoms with Crippen LogP contribution < -0.4 is 4.90 Å². The molecule has 0 saturated carbocycles. The lowest BCUT2D eigenvalue weighted by Crippen LogP contribution is -2.37. The molecule has 0 bridgehead atoms. The highest BCUT2D eigenvalue weighted by molar-refractivity contribution is 5.97. The molecule has 0 atom stereocenters. The Morgan fingerprint density at radius 3 is 2.50 bits per heavy atom. The second-order valence-corrected chi connectivity index (χ2v) is 6.62. The number of hydrogen-bond donors (Lipinski definition) is 0. The lowest BCUT2D eigenvalue weighted by molar-refractivity contribution is -0.139. The molecule has 5 heteroatoms. The Kier molecular flexibility index (Phi) is 5.38. The van der Waals surface area contributed by atoms with Crippen molar-refractivity contribution in [1.82, 2.24) is 4.90 Å². The third-order valence-electron chi connectivity index (χ3n) is 4.85. The van der Waals surface area contributed by atoms with Gasteiger partial charge in [-0.25, -0.2) is 0 Å². The number of ether oxygens (including phenoxy) is 1. The molecule has 0 saturated heterocycles. The van der Waals surface area contributed by atoms with E-state index >= 15 is 0 Å². The van der Waals surface area contributed by atoms with Crippen LogP contribution in [0.25, 0.3) is 11.1 Å². The van der Waals surface area contributed by atoms with E-state index in [1.54, 1.807) is 0 Å². The summed E-state index contributed by atoms with van der Waals surface area (Å²) >= 11 is 0. The molecule has 3 rings (SSSR count). The molecule has 0 aliphatic carbocycles. The molecule has 1 amide bonds. The van der Waals surface area contributed by atoms with Gasteiger partial charge in [-0.2, -0.15) is 0 Å². The summed E-state index contributed by atoms with van der Waals surface area (Å²) in [7, 11) is 3.41. The van der Waals surface area contributed by atoms with Crippen LogP contribution in [0.1, 0.15) is 18.1 Å². The van der Waals surface area contributed by atoms with Gasteiger partial charge in [0.25, 0.3) is 0 Å². The molecule has 5 nitrogen and oxygen atoms in total. The summed E-state index contributed by atoms with van der Waals surface area (Å²) in [6, 6.07) is 14.3. The molecule has 0 unspecified atom stereocenters. The van der Waals surface area contributed by atoms with E-state index in [-0.39, 0.29) is 12.5 Å². The van der Waals surface area contributed by atoms with E-state index < -0.39 is 5.97 Å². The Morgan fingerprint density at radius 2 is 1.85 bits per heavy atom. The number of hydrogen-bond acceptors (Lipinski definition) is 4. The maximum absolute atomic E-state index is 12.2. The molecule has 136 valence electrons. The van der Waals surface area contributed by atoms with E-state index in [0.29, 0.717) is 0 Å². The molecule has 0 spiro atoms. The number of carbonyl (C=O) groups excluding carboxylic acids is 2. The van der Waals surface area contributed by atoms with Gasteiger partial charge in [0, 0.05) is 25.7 Å². The van der Waals surface area contributed by atoms with Crippen LogP contribution in [0.2, 0.25) is 0 Å². The van der Waals surface area contributed by atoms with Crippen LogP contribution in [0.15, 0.2) is 42.5 Å². The van der Waals surface area contributed by atoms with Crippen LogP contribution in [-0.4, -0.2) is 44.0 Å². The fourth-order valence-electron chi connectivity index (χ4n) is 3.50. The lowest BCUT2D eigenvalue weighted by Gasteiger charge is -2.32. The smallest absolute Gasteiger partial charge is 0.325 e. The molecule has 1 aliphatic rings. The second-order valence-electron chi connectivity index (χ2n) is 6.62. The zero-order valence-electron chi connectivity index (χ0n) is 15.5. The first kappa shape index (κ1) is 18.1.